The van der Waals surface area contributed by atoms with E-state index in [4.69, 9.17) is 4.74 Å². The van der Waals surface area contributed by atoms with Crippen molar-refractivity contribution in [2.24, 2.45) is 0 Å². The van der Waals surface area contributed by atoms with Gasteiger partial charge >= 0.3 is 0 Å². The molecule has 0 aromatic heterocycles. The zero-order chi connectivity index (χ0) is 13.7. The van der Waals surface area contributed by atoms with Crippen molar-refractivity contribution in [2.45, 2.75) is 26.8 Å². The summed E-state index contributed by atoms with van der Waals surface area (Å²) in [6.45, 7) is 7.25. The number of carbonyl (C=O) groups is 1. The number of halogens is 1. The van der Waals surface area contributed by atoms with Crippen molar-refractivity contribution in [2.75, 3.05) is 25.2 Å². The van der Waals surface area contributed by atoms with Gasteiger partial charge in [-0.25, -0.2) is 0 Å². The van der Waals surface area contributed by atoms with E-state index < -0.39 is 0 Å². The number of methoxy groups -OCH3 is 1. The maximum atomic E-state index is 11.7. The summed E-state index contributed by atoms with van der Waals surface area (Å²) < 4.78 is 6.12. The van der Waals surface area contributed by atoms with Crippen molar-refractivity contribution in [3.8, 4) is 0 Å². The topological polar surface area (TPSA) is 29.5 Å². The highest BCUT2D eigenvalue weighted by Gasteiger charge is 2.18. The van der Waals surface area contributed by atoms with Crippen LogP contribution in [0.5, 0.6) is 0 Å². The number of nitrogens with zero attached hydrogens (tertiary/aromatic N) is 1. The summed E-state index contributed by atoms with van der Waals surface area (Å²) in [5.41, 5.74) is 1.71. The lowest BCUT2D eigenvalue weighted by Crippen LogP contribution is -2.37. The van der Waals surface area contributed by atoms with Gasteiger partial charge in [-0.2, -0.15) is 0 Å². The van der Waals surface area contributed by atoms with E-state index in [1.165, 1.54) is 0 Å². The highest BCUT2D eigenvalue weighted by atomic mass is 79.9. The Morgan fingerprint density at radius 3 is 2.67 bits per heavy atom. The minimum absolute atomic E-state index is 0.0781. The monoisotopic (exact) mass is 313 g/mol. The minimum Gasteiger partial charge on any atom is -0.383 e. The van der Waals surface area contributed by atoms with E-state index in [1.807, 2.05) is 18.2 Å². The van der Waals surface area contributed by atoms with E-state index >= 15 is 0 Å². The molecule has 1 aromatic rings. The average molecular weight is 314 g/mol. The first-order valence-corrected chi connectivity index (χ1v) is 6.86. The second kappa shape index (κ2) is 6.90. The summed E-state index contributed by atoms with van der Waals surface area (Å²) in [4.78, 5) is 13.9. The maximum Gasteiger partial charge on any atom is 0.161 e. The predicted molar refractivity (Wildman–Crippen MR) is 78.5 cm³/mol. The van der Waals surface area contributed by atoms with Crippen LogP contribution in [0.1, 0.15) is 31.1 Å². The molecule has 0 spiro atoms. The normalized spacial score (nSPS) is 12.3. The summed E-state index contributed by atoms with van der Waals surface area (Å²) in [7, 11) is 1.69. The van der Waals surface area contributed by atoms with Gasteiger partial charge in [0.05, 0.1) is 6.61 Å². The molecule has 0 bridgehead atoms. The van der Waals surface area contributed by atoms with Crippen molar-refractivity contribution in [3.63, 3.8) is 0 Å². The summed E-state index contributed by atoms with van der Waals surface area (Å²) >= 11 is 3.41. The van der Waals surface area contributed by atoms with Crippen LogP contribution in [0.2, 0.25) is 0 Å². The Morgan fingerprint density at radius 1 is 1.50 bits per heavy atom. The molecular weight excluding hydrogens is 294 g/mol. The van der Waals surface area contributed by atoms with Gasteiger partial charge in [0.1, 0.15) is 0 Å². The largest absolute Gasteiger partial charge is 0.383 e. The molecule has 0 N–H and O–H groups in total. The molecule has 0 heterocycles. The van der Waals surface area contributed by atoms with Crippen molar-refractivity contribution in [1.29, 1.82) is 0 Å². The highest BCUT2D eigenvalue weighted by Crippen LogP contribution is 2.26. The molecule has 0 aliphatic rings. The van der Waals surface area contributed by atoms with Gasteiger partial charge in [-0.1, -0.05) is 15.9 Å². The Kier molecular flexibility index (Phi) is 5.82. The molecule has 18 heavy (non-hydrogen) atoms. The summed E-state index contributed by atoms with van der Waals surface area (Å²) in [5.74, 6) is 0.0781. The van der Waals surface area contributed by atoms with Crippen LogP contribution in [-0.2, 0) is 4.74 Å². The van der Waals surface area contributed by atoms with Crippen LogP contribution < -0.4 is 4.90 Å². The summed E-state index contributed by atoms with van der Waals surface area (Å²) in [6.07, 6.45) is 0. The standard InChI is InChI=1S/C14H20BrNO2/c1-5-16(10(2)9-18-4)14-7-6-12(15)8-13(14)11(3)17/h6-8,10H,5,9H2,1-4H3. The molecule has 0 aliphatic heterocycles. The Morgan fingerprint density at radius 2 is 2.17 bits per heavy atom. The fourth-order valence-corrected chi connectivity index (χ4v) is 2.45. The van der Waals surface area contributed by atoms with Crippen molar-refractivity contribution >= 4 is 27.4 Å². The molecular formula is C14H20BrNO2. The van der Waals surface area contributed by atoms with Crippen LogP contribution in [0.25, 0.3) is 0 Å². The van der Waals surface area contributed by atoms with Gasteiger partial charge in [-0.15, -0.1) is 0 Å². The van der Waals surface area contributed by atoms with Gasteiger partial charge in [-0.3, -0.25) is 4.79 Å². The Bertz CT molecular complexity index is 420. The lowest BCUT2D eigenvalue weighted by atomic mass is 10.1. The molecule has 0 radical (unpaired) electrons. The van der Waals surface area contributed by atoms with E-state index in [0.29, 0.717) is 6.61 Å². The number of hydrogen-bond donors (Lipinski definition) is 0. The van der Waals surface area contributed by atoms with Gasteiger partial charge in [0, 0.05) is 35.4 Å². The Hall–Kier alpha value is -0.870. The van der Waals surface area contributed by atoms with Crippen molar-refractivity contribution < 1.29 is 9.53 Å². The van der Waals surface area contributed by atoms with E-state index in [1.54, 1.807) is 14.0 Å². The van der Waals surface area contributed by atoms with Crippen LogP contribution >= 0.6 is 15.9 Å². The van der Waals surface area contributed by atoms with Crippen molar-refractivity contribution in [3.05, 3.63) is 28.2 Å². The second-order valence-electron chi connectivity index (χ2n) is 4.31. The molecule has 1 unspecified atom stereocenters. The third-order valence-electron chi connectivity index (χ3n) is 2.93. The van der Waals surface area contributed by atoms with Gasteiger partial charge in [0.2, 0.25) is 0 Å². The number of ether oxygens (including phenoxy) is 1. The first-order valence-electron chi connectivity index (χ1n) is 6.07. The van der Waals surface area contributed by atoms with E-state index in [-0.39, 0.29) is 11.8 Å². The van der Waals surface area contributed by atoms with E-state index in [0.717, 1.165) is 22.3 Å². The van der Waals surface area contributed by atoms with Gasteiger partial charge in [-0.05, 0) is 39.0 Å². The lowest BCUT2D eigenvalue weighted by molar-refractivity contribution is 0.101. The quantitative estimate of drug-likeness (QED) is 0.753. The molecule has 4 heteroatoms. The maximum absolute atomic E-state index is 11.7. The molecule has 100 valence electrons. The minimum atomic E-state index is 0.0781. The van der Waals surface area contributed by atoms with Crippen LogP contribution in [-0.4, -0.2) is 32.1 Å². The zero-order valence-corrected chi connectivity index (χ0v) is 13.0. The van der Waals surface area contributed by atoms with Crippen LogP contribution in [0.4, 0.5) is 5.69 Å². The first kappa shape index (κ1) is 15.2. The molecule has 1 atom stereocenters. The second-order valence-corrected chi connectivity index (χ2v) is 5.22. The fraction of sp³-hybridized carbons (Fsp3) is 0.500. The van der Waals surface area contributed by atoms with Crippen LogP contribution in [0, 0.1) is 0 Å². The molecule has 0 amide bonds. The van der Waals surface area contributed by atoms with E-state index in [2.05, 4.69) is 34.7 Å². The molecule has 3 nitrogen and oxygen atoms in total. The number of ketones is 1. The average Bonchev–Trinajstić information content (AvgIpc) is 2.32. The van der Waals surface area contributed by atoms with Crippen LogP contribution in [0.15, 0.2) is 22.7 Å². The molecule has 1 rings (SSSR count). The van der Waals surface area contributed by atoms with Gasteiger partial charge in [0.15, 0.2) is 5.78 Å². The number of carbonyl (C=O) groups excluding carboxylic acids is 1. The summed E-state index contributed by atoms with van der Waals surface area (Å²) in [6, 6.07) is 6.06. The Balaban J connectivity index is 3.16. The highest BCUT2D eigenvalue weighted by molar-refractivity contribution is 9.10. The number of benzene rings is 1. The van der Waals surface area contributed by atoms with Gasteiger partial charge < -0.3 is 9.64 Å². The number of anilines is 1. The summed E-state index contributed by atoms with van der Waals surface area (Å²) in [5, 5.41) is 0. The fourth-order valence-electron chi connectivity index (χ4n) is 2.09. The molecule has 1 aromatic carbocycles. The van der Waals surface area contributed by atoms with Crippen LogP contribution in [0.3, 0.4) is 0 Å². The number of rotatable bonds is 6. The Labute approximate surface area is 117 Å². The molecule has 0 saturated heterocycles. The molecule has 0 fully saturated rings. The SMILES string of the molecule is CCN(c1ccc(Br)cc1C(C)=O)C(C)COC. The van der Waals surface area contributed by atoms with Gasteiger partial charge in [0.25, 0.3) is 0 Å². The zero-order valence-electron chi connectivity index (χ0n) is 11.4. The number of hydrogen-bond acceptors (Lipinski definition) is 3. The molecule has 0 saturated carbocycles. The first-order chi connectivity index (χ1) is 8.51. The van der Waals surface area contributed by atoms with Crippen molar-refractivity contribution in [1.82, 2.24) is 0 Å². The number of Topliss-reactive ketones (excluding diaryl/α,β-unsaturated/α-hetero) is 1. The number of likely N-dealkylation sites (N-methyl/N-ethyl adjacent to an activating group) is 1. The molecule has 0 aliphatic carbocycles. The predicted octanol–water partition coefficient (Wildman–Crippen LogP) is 3.51. The smallest absolute Gasteiger partial charge is 0.161 e. The third-order valence-corrected chi connectivity index (χ3v) is 3.42. The lowest BCUT2D eigenvalue weighted by Gasteiger charge is -2.31. The van der Waals surface area contributed by atoms with E-state index in [9.17, 15) is 4.79 Å². The third kappa shape index (κ3) is 3.56.